The van der Waals surface area contributed by atoms with Gasteiger partial charge in [0.25, 0.3) is 0 Å². The summed E-state index contributed by atoms with van der Waals surface area (Å²) in [4.78, 5) is 0. The zero-order chi connectivity index (χ0) is 13.8. The molecule has 19 heavy (non-hydrogen) atoms. The summed E-state index contributed by atoms with van der Waals surface area (Å²) in [6.45, 7) is 0.334. The summed E-state index contributed by atoms with van der Waals surface area (Å²) in [5, 5.41) is 2.87. The van der Waals surface area contributed by atoms with Gasteiger partial charge in [0.2, 0.25) is 0 Å². The Bertz CT molecular complexity index is 590. The molecule has 0 bridgehead atoms. The first-order chi connectivity index (χ1) is 9.11. The summed E-state index contributed by atoms with van der Waals surface area (Å²) in [5.74, 6) is -0.0896. The van der Waals surface area contributed by atoms with E-state index in [0.717, 1.165) is 0 Å². The summed E-state index contributed by atoms with van der Waals surface area (Å²) in [6.07, 6.45) is 0. The van der Waals surface area contributed by atoms with Gasteiger partial charge in [-0.2, -0.15) is 0 Å². The highest BCUT2D eigenvalue weighted by Crippen LogP contribution is 2.29. The van der Waals surface area contributed by atoms with Gasteiger partial charge in [-0.3, -0.25) is 0 Å². The molecule has 0 spiro atoms. The largest absolute Gasteiger partial charge is 0.457 e. The van der Waals surface area contributed by atoms with E-state index in [1.54, 1.807) is 31.3 Å². The quantitative estimate of drug-likeness (QED) is 0.906. The Morgan fingerprint density at radius 2 is 1.95 bits per heavy atom. The minimum absolute atomic E-state index is 0.323. The minimum Gasteiger partial charge on any atom is -0.457 e. The number of hydrogen-bond donors (Lipinski definition) is 1. The van der Waals surface area contributed by atoms with E-state index < -0.39 is 5.82 Å². The van der Waals surface area contributed by atoms with Gasteiger partial charge in [0.1, 0.15) is 23.1 Å². The van der Waals surface area contributed by atoms with E-state index in [1.807, 2.05) is 0 Å². The van der Waals surface area contributed by atoms with Crippen LogP contribution in [0.5, 0.6) is 11.5 Å². The van der Waals surface area contributed by atoms with Crippen LogP contribution in [0, 0.1) is 11.6 Å². The third-order valence-corrected chi connectivity index (χ3v) is 3.19. The van der Waals surface area contributed by atoms with Crippen LogP contribution in [0.2, 0.25) is 0 Å². The van der Waals surface area contributed by atoms with Crippen LogP contribution in [0.15, 0.2) is 40.9 Å². The Morgan fingerprint density at radius 1 is 1.16 bits per heavy atom. The second-order valence-corrected chi connectivity index (χ2v) is 4.78. The third-order valence-electron chi connectivity index (χ3n) is 2.55. The van der Waals surface area contributed by atoms with E-state index in [-0.39, 0.29) is 5.82 Å². The van der Waals surface area contributed by atoms with Gasteiger partial charge in [-0.25, -0.2) is 8.78 Å². The molecule has 100 valence electrons. The molecular weight excluding hydrogens is 316 g/mol. The molecule has 0 aromatic heterocycles. The Balaban J connectivity index is 2.32. The van der Waals surface area contributed by atoms with Crippen molar-refractivity contribution < 1.29 is 13.5 Å². The third kappa shape index (κ3) is 3.30. The van der Waals surface area contributed by atoms with Gasteiger partial charge in [-0.1, -0.05) is 6.07 Å². The second-order valence-electron chi connectivity index (χ2n) is 3.92. The molecule has 0 radical (unpaired) electrons. The lowest BCUT2D eigenvalue weighted by Gasteiger charge is -2.12. The molecule has 0 saturated carbocycles. The first kappa shape index (κ1) is 14.0. The number of benzene rings is 2. The zero-order valence-corrected chi connectivity index (χ0v) is 11.8. The smallest absolute Gasteiger partial charge is 0.141 e. The summed E-state index contributed by atoms with van der Waals surface area (Å²) in [6, 6.07) is 8.97. The van der Waals surface area contributed by atoms with Gasteiger partial charge in [0, 0.05) is 18.2 Å². The Labute approximate surface area is 118 Å². The fraction of sp³-hybridized carbons (Fsp3) is 0.143. The first-order valence-electron chi connectivity index (χ1n) is 5.66. The lowest BCUT2D eigenvalue weighted by atomic mass is 10.2. The van der Waals surface area contributed by atoms with Crippen molar-refractivity contribution in [1.29, 1.82) is 0 Å². The number of ether oxygens (including phenoxy) is 1. The van der Waals surface area contributed by atoms with E-state index in [0.29, 0.717) is 28.1 Å². The van der Waals surface area contributed by atoms with Crippen LogP contribution in [-0.4, -0.2) is 7.05 Å². The number of halogens is 3. The summed E-state index contributed by atoms with van der Waals surface area (Å²) in [5.41, 5.74) is 0.410. The van der Waals surface area contributed by atoms with Crippen molar-refractivity contribution in [2.75, 3.05) is 7.05 Å². The van der Waals surface area contributed by atoms with Crippen molar-refractivity contribution >= 4 is 15.9 Å². The zero-order valence-electron chi connectivity index (χ0n) is 10.2. The molecular formula is C14H12BrF2NO. The van der Waals surface area contributed by atoms with Crippen LogP contribution in [0.1, 0.15) is 5.56 Å². The molecule has 0 unspecified atom stereocenters. The average molecular weight is 328 g/mol. The molecule has 0 aliphatic rings. The summed E-state index contributed by atoms with van der Waals surface area (Å²) < 4.78 is 33.0. The maximum Gasteiger partial charge on any atom is 0.141 e. The van der Waals surface area contributed by atoms with Gasteiger partial charge in [-0.05, 0) is 47.2 Å². The lowest BCUT2D eigenvalue weighted by Crippen LogP contribution is -2.08. The predicted molar refractivity (Wildman–Crippen MR) is 73.3 cm³/mol. The molecule has 0 fully saturated rings. The summed E-state index contributed by atoms with van der Waals surface area (Å²) in [7, 11) is 1.72. The van der Waals surface area contributed by atoms with E-state index in [1.165, 1.54) is 12.1 Å². The number of nitrogens with one attached hydrogen (secondary N) is 1. The van der Waals surface area contributed by atoms with E-state index in [2.05, 4.69) is 21.2 Å². The van der Waals surface area contributed by atoms with Gasteiger partial charge in [0.15, 0.2) is 0 Å². The number of rotatable bonds is 4. The molecule has 1 N–H and O–H groups in total. The highest BCUT2D eigenvalue weighted by atomic mass is 79.9. The van der Waals surface area contributed by atoms with Gasteiger partial charge in [-0.15, -0.1) is 0 Å². The van der Waals surface area contributed by atoms with Crippen molar-refractivity contribution in [1.82, 2.24) is 5.32 Å². The predicted octanol–water partition coefficient (Wildman–Crippen LogP) is 4.24. The van der Waals surface area contributed by atoms with Crippen molar-refractivity contribution in [3.05, 3.63) is 58.1 Å². The Hall–Kier alpha value is -1.46. The van der Waals surface area contributed by atoms with Gasteiger partial charge in [0.05, 0.1) is 4.47 Å². The molecule has 2 nitrogen and oxygen atoms in total. The van der Waals surface area contributed by atoms with E-state index in [9.17, 15) is 8.78 Å². The molecule has 0 atom stereocenters. The molecule has 0 aliphatic carbocycles. The Morgan fingerprint density at radius 3 is 2.63 bits per heavy atom. The van der Waals surface area contributed by atoms with Crippen LogP contribution in [0.3, 0.4) is 0 Å². The number of hydrogen-bond acceptors (Lipinski definition) is 2. The highest BCUT2D eigenvalue weighted by molar-refractivity contribution is 9.10. The molecule has 0 amide bonds. The van der Waals surface area contributed by atoms with Crippen molar-refractivity contribution in [3.63, 3.8) is 0 Å². The van der Waals surface area contributed by atoms with Gasteiger partial charge < -0.3 is 10.1 Å². The fourth-order valence-electron chi connectivity index (χ4n) is 1.65. The minimum atomic E-state index is -0.427. The second kappa shape index (κ2) is 6.12. The van der Waals surface area contributed by atoms with Crippen molar-refractivity contribution in [2.24, 2.45) is 0 Å². The normalized spacial score (nSPS) is 10.5. The Kier molecular flexibility index (Phi) is 4.50. The fourth-order valence-corrected chi connectivity index (χ4v) is 1.90. The van der Waals surface area contributed by atoms with Crippen LogP contribution >= 0.6 is 15.9 Å². The van der Waals surface area contributed by atoms with Gasteiger partial charge >= 0.3 is 0 Å². The molecule has 2 aromatic carbocycles. The lowest BCUT2D eigenvalue weighted by molar-refractivity contribution is 0.459. The topological polar surface area (TPSA) is 21.3 Å². The van der Waals surface area contributed by atoms with Crippen molar-refractivity contribution in [3.8, 4) is 11.5 Å². The average Bonchev–Trinajstić information content (AvgIpc) is 2.38. The molecule has 2 rings (SSSR count). The molecule has 0 aliphatic heterocycles. The SMILES string of the molecule is CNCc1c(F)cccc1Oc1ccc(Br)c(F)c1. The monoisotopic (exact) mass is 327 g/mol. The first-order valence-corrected chi connectivity index (χ1v) is 6.46. The summed E-state index contributed by atoms with van der Waals surface area (Å²) >= 11 is 3.07. The maximum atomic E-state index is 13.7. The van der Waals surface area contributed by atoms with E-state index in [4.69, 9.17) is 4.74 Å². The van der Waals surface area contributed by atoms with Crippen molar-refractivity contribution in [2.45, 2.75) is 6.54 Å². The van der Waals surface area contributed by atoms with Crippen LogP contribution in [0.4, 0.5) is 8.78 Å². The van der Waals surface area contributed by atoms with Crippen LogP contribution < -0.4 is 10.1 Å². The highest BCUT2D eigenvalue weighted by Gasteiger charge is 2.10. The standard InChI is InChI=1S/C14H12BrF2NO/c1-18-8-10-12(16)3-2-4-14(10)19-9-5-6-11(15)13(17)7-9/h2-7,18H,8H2,1H3. The van der Waals surface area contributed by atoms with E-state index >= 15 is 0 Å². The van der Waals surface area contributed by atoms with Crippen LogP contribution in [0.25, 0.3) is 0 Å². The molecule has 0 saturated heterocycles. The molecule has 5 heteroatoms. The molecule has 0 heterocycles. The molecule has 2 aromatic rings. The van der Waals surface area contributed by atoms with Crippen LogP contribution in [-0.2, 0) is 6.54 Å². The maximum absolute atomic E-state index is 13.7.